The van der Waals surface area contributed by atoms with Crippen LogP contribution >= 0.6 is 0 Å². The minimum absolute atomic E-state index is 0.135. The first-order valence-corrected chi connectivity index (χ1v) is 8.71. The van der Waals surface area contributed by atoms with Gasteiger partial charge in [0.05, 0.1) is 11.9 Å². The maximum absolute atomic E-state index is 12.6. The molecule has 4 heteroatoms. The van der Waals surface area contributed by atoms with Crippen LogP contribution in [0.4, 0.5) is 17.1 Å². The van der Waals surface area contributed by atoms with Gasteiger partial charge in [0, 0.05) is 18.4 Å². The molecule has 1 amide bonds. The summed E-state index contributed by atoms with van der Waals surface area (Å²) in [5, 5.41) is 3.31. The highest BCUT2D eigenvalue weighted by Crippen LogP contribution is 2.21. The number of aromatic nitrogens is 1. The van der Waals surface area contributed by atoms with Gasteiger partial charge in [0.15, 0.2) is 0 Å². The van der Waals surface area contributed by atoms with Gasteiger partial charge in [0.2, 0.25) is 0 Å². The van der Waals surface area contributed by atoms with E-state index in [-0.39, 0.29) is 5.91 Å². The van der Waals surface area contributed by atoms with E-state index >= 15 is 0 Å². The third-order valence-electron chi connectivity index (χ3n) is 4.30. The van der Waals surface area contributed by atoms with Crippen LogP contribution < -0.4 is 10.2 Å². The molecule has 0 aliphatic rings. The van der Waals surface area contributed by atoms with Crippen molar-refractivity contribution in [3.05, 3.63) is 84.2 Å². The highest BCUT2D eigenvalue weighted by atomic mass is 16.2. The Labute approximate surface area is 154 Å². The molecular formula is C22H23N3O. The van der Waals surface area contributed by atoms with Crippen LogP contribution in [-0.4, -0.2) is 17.9 Å². The van der Waals surface area contributed by atoms with Crippen molar-refractivity contribution in [1.29, 1.82) is 0 Å². The maximum Gasteiger partial charge on any atom is 0.276 e. The van der Waals surface area contributed by atoms with Crippen molar-refractivity contribution in [2.45, 2.75) is 19.8 Å². The van der Waals surface area contributed by atoms with Crippen LogP contribution in [0.15, 0.2) is 72.9 Å². The number of rotatable bonds is 5. The SMILES string of the molecule is CC(C)c1ccc(Nc2ccc(C(=O)N(C)c3ccccc3)nc2)cc1. The van der Waals surface area contributed by atoms with E-state index in [1.165, 1.54) is 5.56 Å². The fourth-order valence-corrected chi connectivity index (χ4v) is 2.65. The fraction of sp³-hybridized carbons (Fsp3) is 0.182. The standard InChI is InChI=1S/C22H23N3O/c1-16(2)17-9-11-18(12-10-17)24-19-13-14-21(23-15-19)22(26)25(3)20-7-5-4-6-8-20/h4-16,24H,1-3H3. The first-order valence-electron chi connectivity index (χ1n) is 8.71. The summed E-state index contributed by atoms with van der Waals surface area (Å²) in [7, 11) is 1.75. The second-order valence-corrected chi connectivity index (χ2v) is 6.53. The van der Waals surface area contributed by atoms with Gasteiger partial charge in [-0.3, -0.25) is 4.79 Å². The molecule has 3 aromatic rings. The van der Waals surface area contributed by atoms with Crippen LogP contribution in [-0.2, 0) is 0 Å². The Bertz CT molecular complexity index is 856. The van der Waals surface area contributed by atoms with E-state index in [1.807, 2.05) is 36.4 Å². The number of pyridine rings is 1. The van der Waals surface area contributed by atoms with E-state index in [0.29, 0.717) is 11.6 Å². The van der Waals surface area contributed by atoms with Gasteiger partial charge >= 0.3 is 0 Å². The molecule has 132 valence electrons. The smallest absolute Gasteiger partial charge is 0.276 e. The number of carbonyl (C=O) groups excluding carboxylic acids is 1. The summed E-state index contributed by atoms with van der Waals surface area (Å²) < 4.78 is 0. The summed E-state index contributed by atoms with van der Waals surface area (Å²) in [4.78, 5) is 18.5. The topological polar surface area (TPSA) is 45.2 Å². The average Bonchev–Trinajstić information content (AvgIpc) is 2.68. The number of amides is 1. The van der Waals surface area contributed by atoms with Gasteiger partial charge in [0.25, 0.3) is 5.91 Å². The molecule has 0 bridgehead atoms. The van der Waals surface area contributed by atoms with Crippen molar-refractivity contribution >= 4 is 23.0 Å². The molecule has 4 nitrogen and oxygen atoms in total. The van der Waals surface area contributed by atoms with Crippen molar-refractivity contribution in [2.75, 3.05) is 17.3 Å². The number of para-hydroxylation sites is 1. The molecule has 0 aliphatic carbocycles. The summed E-state index contributed by atoms with van der Waals surface area (Å²) in [5.74, 6) is 0.377. The quantitative estimate of drug-likeness (QED) is 0.689. The minimum Gasteiger partial charge on any atom is -0.354 e. The monoisotopic (exact) mass is 345 g/mol. The molecule has 0 radical (unpaired) electrons. The van der Waals surface area contributed by atoms with Gasteiger partial charge in [-0.2, -0.15) is 0 Å². The fourth-order valence-electron chi connectivity index (χ4n) is 2.65. The molecule has 1 aromatic heterocycles. The van der Waals surface area contributed by atoms with E-state index in [9.17, 15) is 4.79 Å². The first kappa shape index (κ1) is 17.7. The second-order valence-electron chi connectivity index (χ2n) is 6.53. The minimum atomic E-state index is -0.135. The zero-order valence-corrected chi connectivity index (χ0v) is 15.3. The van der Waals surface area contributed by atoms with Crippen LogP contribution in [0, 0.1) is 0 Å². The summed E-state index contributed by atoms with van der Waals surface area (Å²) in [6.45, 7) is 4.35. The third kappa shape index (κ3) is 4.09. The lowest BCUT2D eigenvalue weighted by Crippen LogP contribution is -2.26. The Morgan fingerprint density at radius 2 is 1.58 bits per heavy atom. The van der Waals surface area contributed by atoms with E-state index in [0.717, 1.165) is 17.1 Å². The number of benzene rings is 2. The lowest BCUT2D eigenvalue weighted by molar-refractivity contribution is 0.0988. The van der Waals surface area contributed by atoms with Crippen molar-refractivity contribution in [3.8, 4) is 0 Å². The lowest BCUT2D eigenvalue weighted by Gasteiger charge is -2.17. The number of hydrogen-bond donors (Lipinski definition) is 1. The average molecular weight is 345 g/mol. The predicted molar refractivity (Wildman–Crippen MR) is 107 cm³/mol. The Hall–Kier alpha value is -3.14. The number of hydrogen-bond acceptors (Lipinski definition) is 3. The number of nitrogens with one attached hydrogen (secondary N) is 1. The molecule has 1 N–H and O–H groups in total. The Morgan fingerprint density at radius 1 is 0.923 bits per heavy atom. The first-order chi connectivity index (χ1) is 12.5. The van der Waals surface area contributed by atoms with Gasteiger partial charge in [0.1, 0.15) is 5.69 Å². The van der Waals surface area contributed by atoms with Crippen molar-refractivity contribution in [2.24, 2.45) is 0 Å². The molecule has 26 heavy (non-hydrogen) atoms. The molecule has 0 saturated heterocycles. The van der Waals surface area contributed by atoms with Gasteiger partial charge in [-0.25, -0.2) is 4.98 Å². The van der Waals surface area contributed by atoms with Crippen LogP contribution in [0.2, 0.25) is 0 Å². The number of nitrogens with zero attached hydrogens (tertiary/aromatic N) is 2. The van der Waals surface area contributed by atoms with Gasteiger partial charge < -0.3 is 10.2 Å². The van der Waals surface area contributed by atoms with Crippen LogP contribution in [0.1, 0.15) is 35.8 Å². The maximum atomic E-state index is 12.6. The van der Waals surface area contributed by atoms with Gasteiger partial charge in [-0.05, 0) is 47.9 Å². The molecule has 0 spiro atoms. The molecular weight excluding hydrogens is 322 g/mol. The van der Waals surface area contributed by atoms with Gasteiger partial charge in [-0.1, -0.05) is 44.2 Å². The Balaban J connectivity index is 1.69. The highest BCUT2D eigenvalue weighted by Gasteiger charge is 2.14. The molecule has 0 unspecified atom stereocenters. The normalized spacial score (nSPS) is 10.6. The molecule has 3 rings (SSSR count). The van der Waals surface area contributed by atoms with E-state index in [2.05, 4.69) is 48.4 Å². The molecule has 0 saturated carbocycles. The van der Waals surface area contributed by atoms with Crippen molar-refractivity contribution in [3.63, 3.8) is 0 Å². The molecule has 0 aliphatic heterocycles. The van der Waals surface area contributed by atoms with E-state index in [4.69, 9.17) is 0 Å². The largest absolute Gasteiger partial charge is 0.354 e. The predicted octanol–water partition coefficient (Wildman–Crippen LogP) is 5.23. The van der Waals surface area contributed by atoms with E-state index in [1.54, 1.807) is 24.2 Å². The molecule has 2 aromatic carbocycles. The summed E-state index contributed by atoms with van der Waals surface area (Å²) in [6, 6.07) is 21.5. The van der Waals surface area contributed by atoms with Crippen LogP contribution in [0.5, 0.6) is 0 Å². The number of anilines is 3. The van der Waals surface area contributed by atoms with Crippen molar-refractivity contribution < 1.29 is 4.79 Å². The van der Waals surface area contributed by atoms with Crippen molar-refractivity contribution in [1.82, 2.24) is 4.98 Å². The van der Waals surface area contributed by atoms with Crippen LogP contribution in [0.25, 0.3) is 0 Å². The lowest BCUT2D eigenvalue weighted by atomic mass is 10.0. The zero-order valence-electron chi connectivity index (χ0n) is 15.3. The second kappa shape index (κ2) is 7.83. The van der Waals surface area contributed by atoms with Gasteiger partial charge in [-0.15, -0.1) is 0 Å². The third-order valence-corrected chi connectivity index (χ3v) is 4.30. The Morgan fingerprint density at radius 3 is 2.15 bits per heavy atom. The molecule has 0 fully saturated rings. The Kier molecular flexibility index (Phi) is 5.32. The van der Waals surface area contributed by atoms with Crippen LogP contribution in [0.3, 0.4) is 0 Å². The number of carbonyl (C=O) groups is 1. The summed E-state index contributed by atoms with van der Waals surface area (Å²) >= 11 is 0. The van der Waals surface area contributed by atoms with E-state index < -0.39 is 0 Å². The highest BCUT2D eigenvalue weighted by molar-refractivity contribution is 6.04. The zero-order chi connectivity index (χ0) is 18.5. The molecule has 0 atom stereocenters. The summed E-state index contributed by atoms with van der Waals surface area (Å²) in [5.41, 5.74) is 4.40. The summed E-state index contributed by atoms with van der Waals surface area (Å²) in [6.07, 6.45) is 1.68. The molecule has 1 heterocycles.